The van der Waals surface area contributed by atoms with Crippen LogP contribution < -0.4 is 4.90 Å². The summed E-state index contributed by atoms with van der Waals surface area (Å²) in [4.78, 5) is 12.6. The number of phenolic OH excluding ortho intramolecular Hbond substituents is 1. The molecule has 0 saturated carbocycles. The number of hydrogen-bond donors (Lipinski definition) is 2. The molecule has 0 atom stereocenters. The molecule has 20 heavy (non-hydrogen) atoms. The Hall–Kier alpha value is -2.56. The second-order valence-corrected chi connectivity index (χ2v) is 4.50. The first-order chi connectivity index (χ1) is 9.47. The third-order valence-electron chi connectivity index (χ3n) is 2.95. The van der Waals surface area contributed by atoms with Crippen LogP contribution in [0.1, 0.15) is 15.9 Å². The molecular formula is C15H14FNO3. The molecule has 2 aromatic carbocycles. The third-order valence-corrected chi connectivity index (χ3v) is 2.95. The van der Waals surface area contributed by atoms with Gasteiger partial charge in [0.1, 0.15) is 11.6 Å². The lowest BCUT2D eigenvalue weighted by atomic mass is 10.1. The number of aromatic hydroxyl groups is 1. The van der Waals surface area contributed by atoms with Gasteiger partial charge in [0, 0.05) is 25.3 Å². The van der Waals surface area contributed by atoms with E-state index in [4.69, 9.17) is 5.11 Å². The van der Waals surface area contributed by atoms with Gasteiger partial charge in [-0.15, -0.1) is 0 Å². The summed E-state index contributed by atoms with van der Waals surface area (Å²) in [6, 6.07) is 10.7. The fourth-order valence-corrected chi connectivity index (χ4v) is 1.93. The van der Waals surface area contributed by atoms with Crippen LogP contribution in [0.4, 0.5) is 10.1 Å². The molecule has 0 radical (unpaired) electrons. The monoisotopic (exact) mass is 275 g/mol. The van der Waals surface area contributed by atoms with Crippen molar-refractivity contribution in [2.75, 3.05) is 11.9 Å². The predicted octanol–water partition coefficient (Wildman–Crippen LogP) is 2.87. The van der Waals surface area contributed by atoms with Crippen molar-refractivity contribution in [3.8, 4) is 5.75 Å². The van der Waals surface area contributed by atoms with Gasteiger partial charge < -0.3 is 15.1 Å². The van der Waals surface area contributed by atoms with Gasteiger partial charge in [0.05, 0.1) is 5.56 Å². The Bertz CT molecular complexity index is 643. The molecule has 4 nitrogen and oxygen atoms in total. The maximum Gasteiger partial charge on any atom is 0.338 e. The highest BCUT2D eigenvalue weighted by Gasteiger charge is 2.11. The van der Waals surface area contributed by atoms with E-state index in [9.17, 15) is 14.3 Å². The molecule has 0 aliphatic heterocycles. The van der Waals surface area contributed by atoms with E-state index in [1.165, 1.54) is 12.1 Å². The topological polar surface area (TPSA) is 60.8 Å². The lowest BCUT2D eigenvalue weighted by molar-refractivity contribution is 0.0692. The van der Waals surface area contributed by atoms with Gasteiger partial charge in [0.2, 0.25) is 0 Å². The van der Waals surface area contributed by atoms with Crippen LogP contribution in [0.25, 0.3) is 0 Å². The number of phenols is 1. The van der Waals surface area contributed by atoms with Gasteiger partial charge in [-0.2, -0.15) is 0 Å². The molecule has 2 N–H and O–H groups in total. The molecule has 0 bridgehead atoms. The number of anilines is 1. The molecule has 0 heterocycles. The molecule has 2 rings (SSSR count). The summed E-state index contributed by atoms with van der Waals surface area (Å²) in [5.41, 5.74) is 1.10. The zero-order valence-electron chi connectivity index (χ0n) is 10.9. The number of carbonyl (C=O) groups is 1. The van der Waals surface area contributed by atoms with Crippen molar-refractivity contribution in [1.82, 2.24) is 0 Å². The Labute approximate surface area is 115 Å². The number of aromatic carboxylic acids is 1. The molecule has 0 saturated heterocycles. The van der Waals surface area contributed by atoms with Crippen molar-refractivity contribution in [3.63, 3.8) is 0 Å². The van der Waals surface area contributed by atoms with Crippen LogP contribution in [0.3, 0.4) is 0 Å². The van der Waals surface area contributed by atoms with Crippen molar-refractivity contribution in [2.45, 2.75) is 6.54 Å². The van der Waals surface area contributed by atoms with Gasteiger partial charge in [0.15, 0.2) is 0 Å². The van der Waals surface area contributed by atoms with Gasteiger partial charge in [-0.05, 0) is 29.8 Å². The Morgan fingerprint density at radius 1 is 1.25 bits per heavy atom. The molecule has 0 spiro atoms. The Morgan fingerprint density at radius 3 is 2.60 bits per heavy atom. The molecule has 0 aromatic heterocycles. The number of halogens is 1. The zero-order chi connectivity index (χ0) is 14.7. The zero-order valence-corrected chi connectivity index (χ0v) is 10.9. The van der Waals surface area contributed by atoms with Crippen LogP contribution in [0.15, 0.2) is 42.5 Å². The largest absolute Gasteiger partial charge is 0.508 e. The summed E-state index contributed by atoms with van der Waals surface area (Å²) in [5.74, 6) is -1.88. The molecular weight excluding hydrogens is 261 g/mol. The molecule has 0 fully saturated rings. The van der Waals surface area contributed by atoms with Crippen LogP contribution in [0.5, 0.6) is 5.75 Å². The molecule has 2 aromatic rings. The second kappa shape index (κ2) is 5.61. The maximum atomic E-state index is 13.6. The van der Waals surface area contributed by atoms with Crippen molar-refractivity contribution >= 4 is 11.7 Å². The normalized spacial score (nSPS) is 10.3. The van der Waals surface area contributed by atoms with Crippen molar-refractivity contribution in [3.05, 3.63) is 59.4 Å². The van der Waals surface area contributed by atoms with E-state index in [0.717, 1.165) is 5.69 Å². The number of benzene rings is 2. The maximum absolute atomic E-state index is 13.6. The average Bonchev–Trinajstić information content (AvgIpc) is 2.38. The summed E-state index contributed by atoms with van der Waals surface area (Å²) in [6.45, 7) is 0.403. The van der Waals surface area contributed by atoms with Crippen LogP contribution in [-0.2, 0) is 6.54 Å². The highest BCUT2D eigenvalue weighted by atomic mass is 19.1. The average molecular weight is 275 g/mol. The van der Waals surface area contributed by atoms with Gasteiger partial charge >= 0.3 is 5.97 Å². The smallest absolute Gasteiger partial charge is 0.338 e. The Morgan fingerprint density at radius 2 is 2.00 bits per heavy atom. The summed E-state index contributed by atoms with van der Waals surface area (Å²) >= 11 is 0. The fourth-order valence-electron chi connectivity index (χ4n) is 1.93. The number of carboxylic acids is 1. The highest BCUT2D eigenvalue weighted by Crippen LogP contribution is 2.21. The van der Waals surface area contributed by atoms with Crippen LogP contribution in [0, 0.1) is 5.82 Å². The van der Waals surface area contributed by atoms with Crippen molar-refractivity contribution in [1.29, 1.82) is 0 Å². The van der Waals surface area contributed by atoms with Crippen LogP contribution in [0.2, 0.25) is 0 Å². The van der Waals surface area contributed by atoms with Crippen LogP contribution >= 0.6 is 0 Å². The molecule has 0 amide bonds. The first kappa shape index (κ1) is 13.9. The minimum absolute atomic E-state index is 0.154. The summed E-state index contributed by atoms with van der Waals surface area (Å²) < 4.78 is 13.6. The first-order valence-electron chi connectivity index (χ1n) is 5.99. The SMILES string of the molecule is CN(Cc1ccc(C(=O)O)c(F)c1)c1cccc(O)c1. The molecule has 0 aliphatic carbocycles. The summed E-state index contributed by atoms with van der Waals surface area (Å²) in [6.07, 6.45) is 0. The number of hydrogen-bond acceptors (Lipinski definition) is 3. The van der Waals surface area contributed by atoms with E-state index in [1.807, 2.05) is 11.0 Å². The van der Waals surface area contributed by atoms with E-state index in [2.05, 4.69) is 0 Å². The molecule has 5 heteroatoms. The van der Waals surface area contributed by atoms with E-state index >= 15 is 0 Å². The number of nitrogens with zero attached hydrogens (tertiary/aromatic N) is 1. The summed E-state index contributed by atoms with van der Waals surface area (Å²) in [7, 11) is 1.80. The van der Waals surface area contributed by atoms with Crippen molar-refractivity contribution in [2.24, 2.45) is 0 Å². The summed E-state index contributed by atoms with van der Waals surface area (Å²) in [5, 5.41) is 18.2. The lowest BCUT2D eigenvalue weighted by Gasteiger charge is -2.19. The molecule has 104 valence electrons. The minimum Gasteiger partial charge on any atom is -0.508 e. The Balaban J connectivity index is 2.18. The van der Waals surface area contributed by atoms with Crippen molar-refractivity contribution < 1.29 is 19.4 Å². The minimum atomic E-state index is -1.28. The lowest BCUT2D eigenvalue weighted by Crippen LogP contribution is -2.16. The number of rotatable bonds is 4. The van der Waals surface area contributed by atoms with Gasteiger partial charge in [-0.25, -0.2) is 9.18 Å². The van der Waals surface area contributed by atoms with Gasteiger partial charge in [-0.1, -0.05) is 12.1 Å². The standard InChI is InChI=1S/C15H14FNO3/c1-17(11-3-2-4-12(18)8-11)9-10-5-6-13(15(19)20)14(16)7-10/h2-8,18H,9H2,1H3,(H,19,20). The second-order valence-electron chi connectivity index (χ2n) is 4.50. The first-order valence-corrected chi connectivity index (χ1v) is 5.99. The third kappa shape index (κ3) is 3.06. The molecule has 0 unspecified atom stereocenters. The van der Waals surface area contributed by atoms with Gasteiger partial charge in [-0.3, -0.25) is 0 Å². The van der Waals surface area contributed by atoms with E-state index in [0.29, 0.717) is 12.1 Å². The van der Waals surface area contributed by atoms with E-state index in [1.54, 1.807) is 31.3 Å². The fraction of sp³-hybridized carbons (Fsp3) is 0.133. The van der Waals surface area contributed by atoms with Gasteiger partial charge in [0.25, 0.3) is 0 Å². The Kier molecular flexibility index (Phi) is 3.89. The predicted molar refractivity (Wildman–Crippen MR) is 73.6 cm³/mol. The highest BCUT2D eigenvalue weighted by molar-refractivity contribution is 5.87. The number of carboxylic acid groups (broad SMARTS) is 1. The quantitative estimate of drug-likeness (QED) is 0.900. The van der Waals surface area contributed by atoms with E-state index < -0.39 is 11.8 Å². The van der Waals surface area contributed by atoms with E-state index in [-0.39, 0.29) is 11.3 Å². The molecule has 0 aliphatic rings. The van der Waals surface area contributed by atoms with Crippen LogP contribution in [-0.4, -0.2) is 23.2 Å².